The van der Waals surface area contributed by atoms with Gasteiger partial charge >= 0.3 is 32.4 Å². The van der Waals surface area contributed by atoms with Crippen LogP contribution in [0.15, 0.2) is 0 Å². The fourth-order valence-electron chi connectivity index (χ4n) is 0.623. The number of amides is 2. The highest BCUT2D eigenvalue weighted by atomic mass is 32.2. The Balaban J connectivity index is 4.45. The zero-order valence-corrected chi connectivity index (χ0v) is 11.0. The van der Waals surface area contributed by atoms with Gasteiger partial charge in [0.2, 0.25) is 0 Å². The Labute approximate surface area is 117 Å². The summed E-state index contributed by atoms with van der Waals surface area (Å²) >= 11 is -0.959. The number of halogens is 4. The van der Waals surface area contributed by atoms with Crippen molar-refractivity contribution < 1.29 is 54.8 Å². The highest BCUT2D eigenvalue weighted by Gasteiger charge is 2.52. The van der Waals surface area contributed by atoms with Crippen LogP contribution in [0, 0.1) is 0 Å². The van der Waals surface area contributed by atoms with E-state index in [4.69, 9.17) is 9.81 Å². The van der Waals surface area contributed by atoms with Crippen LogP contribution >= 0.6 is 12.0 Å². The molecule has 0 bridgehead atoms. The summed E-state index contributed by atoms with van der Waals surface area (Å²) in [7, 11) is -6.07. The van der Waals surface area contributed by atoms with Crippen molar-refractivity contribution in [3.05, 3.63) is 0 Å². The summed E-state index contributed by atoms with van der Waals surface area (Å²) in [5, 5.41) is 3.10. The Kier molecular flexibility index (Phi) is 6.77. The Hall–Kier alpha value is -1.20. The minimum Gasteiger partial charge on any atom is -0.333 e. The van der Waals surface area contributed by atoms with Gasteiger partial charge in [0.05, 0.1) is 6.67 Å². The van der Waals surface area contributed by atoms with Gasteiger partial charge in [0, 0.05) is 0 Å². The maximum atomic E-state index is 12.8. The van der Waals surface area contributed by atoms with E-state index < -0.39 is 51.2 Å². The summed E-state index contributed by atoms with van der Waals surface area (Å²) < 4.78 is 82.6. The zero-order chi connectivity index (χ0) is 16.9. The molecule has 0 fully saturated rings. The predicted octanol–water partition coefficient (Wildman–Crippen LogP) is -0.681. The first-order valence-corrected chi connectivity index (χ1v) is 6.49. The maximum Gasteiger partial charge on any atom is 0.446 e. The normalized spacial score (nSPS) is 12.9. The number of alkyl halides is 4. The van der Waals surface area contributed by atoms with Crippen molar-refractivity contribution in [2.45, 2.75) is 10.5 Å². The molecule has 0 unspecified atom stereocenters. The molecule has 0 saturated heterocycles. The molecule has 0 atom stereocenters. The summed E-state index contributed by atoms with van der Waals surface area (Å²) in [6.45, 7) is -1.32. The molecule has 0 saturated carbocycles. The van der Waals surface area contributed by atoms with Crippen LogP contribution in [0.25, 0.3) is 0 Å². The van der Waals surface area contributed by atoms with Crippen LogP contribution < -0.4 is 10.6 Å². The SMILES string of the molecule is O=C(NCNC(=O)C(F)(F)S(=O)(=O)O)C(F)(F)SOOO. The monoisotopic (exact) mass is 362 g/mol. The molecule has 0 rings (SSSR count). The second kappa shape index (κ2) is 7.18. The number of hydrogen-bond acceptors (Lipinski definition) is 8. The Morgan fingerprint density at radius 2 is 1.62 bits per heavy atom. The standard InChI is InChI=1S/C5H6F4N2O8S2/c6-4(7,20-19-18-14)2(12)10-1-11-3(13)5(8,9)21(15,16)17/h14H,1H2,(H,10,12)(H,11,13)(H,15,16,17). The average molecular weight is 362 g/mol. The Morgan fingerprint density at radius 1 is 1.14 bits per heavy atom. The summed E-state index contributed by atoms with van der Waals surface area (Å²) in [5.41, 5.74) is 0. The van der Waals surface area contributed by atoms with E-state index in [2.05, 4.69) is 9.37 Å². The second-order valence-electron chi connectivity index (χ2n) is 2.92. The fraction of sp³-hybridized carbons (Fsp3) is 0.600. The van der Waals surface area contributed by atoms with E-state index in [0.717, 1.165) is 5.32 Å². The van der Waals surface area contributed by atoms with Gasteiger partial charge < -0.3 is 10.6 Å². The molecule has 0 radical (unpaired) electrons. The molecule has 16 heteroatoms. The lowest BCUT2D eigenvalue weighted by molar-refractivity contribution is -0.433. The number of hydrogen-bond donors (Lipinski definition) is 4. The zero-order valence-electron chi connectivity index (χ0n) is 9.38. The Bertz CT molecular complexity index is 497. The molecular formula is C5H6F4N2O8S2. The molecule has 0 aliphatic rings. The number of carbonyl (C=O) groups is 2. The molecule has 4 N–H and O–H groups in total. The minimum absolute atomic E-state index is 0.959. The van der Waals surface area contributed by atoms with Gasteiger partial charge in [-0.25, -0.2) is 5.26 Å². The first kappa shape index (κ1) is 19.8. The highest BCUT2D eigenvalue weighted by Crippen LogP contribution is 2.29. The number of rotatable bonds is 8. The van der Waals surface area contributed by atoms with Crippen molar-refractivity contribution >= 4 is 34.0 Å². The lowest BCUT2D eigenvalue weighted by Crippen LogP contribution is -2.50. The summed E-state index contributed by atoms with van der Waals surface area (Å²) in [6, 6.07) is 0. The van der Waals surface area contributed by atoms with Gasteiger partial charge in [-0.1, -0.05) is 5.04 Å². The van der Waals surface area contributed by atoms with E-state index in [9.17, 15) is 35.6 Å². The largest absolute Gasteiger partial charge is 0.446 e. The maximum absolute atomic E-state index is 12.8. The summed E-state index contributed by atoms with van der Waals surface area (Å²) in [6.07, 6.45) is 0. The van der Waals surface area contributed by atoms with Crippen LogP contribution in [0.4, 0.5) is 17.6 Å². The van der Waals surface area contributed by atoms with Gasteiger partial charge in [0.15, 0.2) is 0 Å². The molecule has 0 aliphatic heterocycles. The molecule has 0 aliphatic carbocycles. The minimum atomic E-state index is -6.07. The lowest BCUT2D eigenvalue weighted by Gasteiger charge is -2.15. The van der Waals surface area contributed by atoms with Crippen LogP contribution in [0.5, 0.6) is 0 Å². The second-order valence-corrected chi connectivity index (χ2v) is 5.20. The first-order chi connectivity index (χ1) is 9.36. The molecule has 0 heterocycles. The first-order valence-electron chi connectivity index (χ1n) is 4.31. The molecule has 10 nitrogen and oxygen atoms in total. The van der Waals surface area contributed by atoms with E-state index >= 15 is 0 Å². The highest BCUT2D eigenvalue weighted by molar-refractivity contribution is 7.96. The van der Waals surface area contributed by atoms with Crippen LogP contribution in [-0.2, 0) is 29.1 Å². The van der Waals surface area contributed by atoms with Crippen molar-refractivity contribution in [3.8, 4) is 0 Å². The van der Waals surface area contributed by atoms with Gasteiger partial charge in [0.25, 0.3) is 0 Å². The molecular weight excluding hydrogens is 356 g/mol. The van der Waals surface area contributed by atoms with Gasteiger partial charge in [-0.2, -0.15) is 26.0 Å². The Morgan fingerprint density at radius 3 is 2.05 bits per heavy atom. The van der Waals surface area contributed by atoms with Crippen LogP contribution in [0.3, 0.4) is 0 Å². The van der Waals surface area contributed by atoms with Crippen molar-refractivity contribution in [1.82, 2.24) is 10.6 Å². The quantitative estimate of drug-likeness (QED) is 0.110. The molecule has 0 aromatic heterocycles. The van der Waals surface area contributed by atoms with Crippen molar-refractivity contribution in [1.29, 1.82) is 0 Å². The fourth-order valence-corrected chi connectivity index (χ4v) is 1.19. The van der Waals surface area contributed by atoms with E-state index in [-0.39, 0.29) is 0 Å². The molecule has 21 heavy (non-hydrogen) atoms. The predicted molar refractivity (Wildman–Crippen MR) is 55.0 cm³/mol. The van der Waals surface area contributed by atoms with Gasteiger partial charge in [-0.15, -0.1) is 4.33 Å². The third-order valence-electron chi connectivity index (χ3n) is 1.52. The molecule has 2 amide bonds. The third kappa shape index (κ3) is 5.59. The van der Waals surface area contributed by atoms with E-state index in [0.29, 0.717) is 0 Å². The van der Waals surface area contributed by atoms with Crippen molar-refractivity contribution in [3.63, 3.8) is 0 Å². The van der Waals surface area contributed by atoms with Crippen LogP contribution in [-0.4, -0.2) is 47.2 Å². The molecule has 0 spiro atoms. The van der Waals surface area contributed by atoms with Crippen LogP contribution in [0.1, 0.15) is 0 Å². The van der Waals surface area contributed by atoms with Crippen molar-refractivity contribution in [2.75, 3.05) is 6.67 Å². The third-order valence-corrected chi connectivity index (χ3v) is 2.88. The number of carbonyl (C=O) groups excluding carboxylic acids is 2. The van der Waals surface area contributed by atoms with Gasteiger partial charge in [0.1, 0.15) is 12.0 Å². The number of nitrogens with one attached hydrogen (secondary N) is 2. The van der Waals surface area contributed by atoms with E-state index in [1.165, 1.54) is 5.32 Å². The average Bonchev–Trinajstić information content (AvgIpc) is 2.34. The summed E-state index contributed by atoms with van der Waals surface area (Å²) in [5.74, 6) is -4.71. The molecule has 0 aromatic carbocycles. The summed E-state index contributed by atoms with van der Waals surface area (Å²) in [4.78, 5) is 21.5. The smallest absolute Gasteiger partial charge is 0.333 e. The molecule has 124 valence electrons. The lowest BCUT2D eigenvalue weighted by atomic mass is 10.6. The van der Waals surface area contributed by atoms with Gasteiger partial charge in [-0.3, -0.25) is 14.1 Å². The van der Waals surface area contributed by atoms with Crippen LogP contribution in [0.2, 0.25) is 0 Å². The topological polar surface area (TPSA) is 151 Å². The molecule has 0 aromatic rings. The van der Waals surface area contributed by atoms with E-state index in [1.54, 1.807) is 0 Å². The van der Waals surface area contributed by atoms with E-state index in [1.807, 2.05) is 0 Å². The van der Waals surface area contributed by atoms with Crippen molar-refractivity contribution in [2.24, 2.45) is 0 Å². The van der Waals surface area contributed by atoms with Gasteiger partial charge in [-0.05, 0) is 0 Å².